The summed E-state index contributed by atoms with van der Waals surface area (Å²) in [5.41, 5.74) is 3.17. The number of carbonyl (C=O) groups excluding carboxylic acids is 1. The Morgan fingerprint density at radius 3 is 2.77 bits per heavy atom. The molecule has 1 amide bonds. The number of aryl methyl sites for hydroxylation is 2. The Balaban J connectivity index is 1.91. The zero-order valence-electron chi connectivity index (χ0n) is 12.6. The predicted molar refractivity (Wildman–Crippen MR) is 84.8 cm³/mol. The lowest BCUT2D eigenvalue weighted by Gasteiger charge is -2.06. The van der Waals surface area contributed by atoms with Crippen LogP contribution < -0.4 is 5.32 Å². The molecule has 3 aromatic rings. The molecule has 112 valence electrons. The van der Waals surface area contributed by atoms with Gasteiger partial charge in [0.15, 0.2) is 0 Å². The summed E-state index contributed by atoms with van der Waals surface area (Å²) in [5.74, 6) is 0.846. The van der Waals surface area contributed by atoms with Crippen molar-refractivity contribution in [2.75, 3.05) is 5.32 Å². The van der Waals surface area contributed by atoms with E-state index in [-0.39, 0.29) is 5.91 Å². The van der Waals surface area contributed by atoms with Crippen LogP contribution in [0.5, 0.6) is 0 Å². The second kappa shape index (κ2) is 5.93. The van der Waals surface area contributed by atoms with Gasteiger partial charge in [-0.05, 0) is 31.2 Å². The molecule has 0 saturated carbocycles. The highest BCUT2D eigenvalue weighted by atomic mass is 16.1. The van der Waals surface area contributed by atoms with E-state index in [1.807, 2.05) is 18.2 Å². The van der Waals surface area contributed by atoms with Crippen LogP contribution in [0.4, 0.5) is 5.69 Å². The summed E-state index contributed by atoms with van der Waals surface area (Å²) < 4.78 is 2.19. The first-order chi connectivity index (χ1) is 10.7. The van der Waals surface area contributed by atoms with Crippen molar-refractivity contribution in [3.05, 3.63) is 48.0 Å². The Kier molecular flexibility index (Phi) is 3.82. The molecule has 0 aliphatic heterocycles. The molecule has 0 fully saturated rings. The van der Waals surface area contributed by atoms with Crippen molar-refractivity contribution in [2.24, 2.45) is 0 Å². The van der Waals surface area contributed by atoms with Gasteiger partial charge in [-0.25, -0.2) is 4.98 Å². The lowest BCUT2D eigenvalue weighted by molar-refractivity contribution is 0.102. The van der Waals surface area contributed by atoms with Gasteiger partial charge in [-0.2, -0.15) is 10.2 Å². The lowest BCUT2D eigenvalue weighted by Crippen LogP contribution is -2.12. The van der Waals surface area contributed by atoms with Crippen molar-refractivity contribution < 1.29 is 4.79 Å². The molecule has 3 rings (SSSR count). The Bertz CT molecular complexity index is 810. The van der Waals surface area contributed by atoms with Gasteiger partial charge in [0.1, 0.15) is 5.82 Å². The highest BCUT2D eigenvalue weighted by Gasteiger charge is 2.10. The maximum atomic E-state index is 12.1. The van der Waals surface area contributed by atoms with Crippen molar-refractivity contribution in [3.63, 3.8) is 0 Å². The topological polar surface area (TPSA) is 72.7 Å². The van der Waals surface area contributed by atoms with Crippen molar-refractivity contribution >= 4 is 22.6 Å². The van der Waals surface area contributed by atoms with Gasteiger partial charge in [0.25, 0.3) is 5.91 Å². The summed E-state index contributed by atoms with van der Waals surface area (Å²) in [6, 6.07) is 7.41. The van der Waals surface area contributed by atoms with E-state index in [0.717, 1.165) is 35.5 Å². The number of anilines is 1. The quantitative estimate of drug-likeness (QED) is 0.803. The number of fused-ring (bicyclic) bond motifs is 1. The molecular weight excluding hydrogens is 278 g/mol. The molecule has 0 bridgehead atoms. The second-order valence-electron chi connectivity index (χ2n) is 4.91. The molecule has 2 aromatic heterocycles. The monoisotopic (exact) mass is 295 g/mol. The summed E-state index contributed by atoms with van der Waals surface area (Å²) in [6.07, 6.45) is 3.82. The van der Waals surface area contributed by atoms with Gasteiger partial charge in [-0.1, -0.05) is 6.92 Å². The Morgan fingerprint density at radius 1 is 1.23 bits per heavy atom. The van der Waals surface area contributed by atoms with E-state index in [1.165, 1.54) is 12.4 Å². The summed E-state index contributed by atoms with van der Waals surface area (Å²) >= 11 is 0. The second-order valence-corrected chi connectivity index (χ2v) is 4.91. The van der Waals surface area contributed by atoms with Gasteiger partial charge >= 0.3 is 0 Å². The van der Waals surface area contributed by atoms with Crippen molar-refractivity contribution in [2.45, 2.75) is 26.8 Å². The fraction of sp³-hybridized carbons (Fsp3) is 0.250. The normalized spacial score (nSPS) is 10.8. The standard InChI is InChI=1S/C16H17N5O/c1-3-15-20-13-9-12(5-6-14(13)21(15)4-2)19-16(22)11-7-8-17-18-10-11/h5-10H,3-4H2,1-2H3,(H,19,22). The molecule has 1 N–H and O–H groups in total. The first kappa shape index (κ1) is 14.2. The molecule has 6 heteroatoms. The maximum absolute atomic E-state index is 12.1. The van der Waals surface area contributed by atoms with Gasteiger partial charge in [-0.3, -0.25) is 4.79 Å². The number of hydrogen-bond acceptors (Lipinski definition) is 4. The number of carbonyl (C=O) groups is 1. The SMILES string of the molecule is CCc1nc2cc(NC(=O)c3ccnnc3)ccc2n1CC. The molecule has 0 atom stereocenters. The van der Waals surface area contributed by atoms with Crippen LogP contribution in [-0.2, 0) is 13.0 Å². The number of nitrogens with zero attached hydrogens (tertiary/aromatic N) is 4. The molecule has 0 spiro atoms. The molecule has 6 nitrogen and oxygen atoms in total. The van der Waals surface area contributed by atoms with E-state index in [1.54, 1.807) is 6.07 Å². The van der Waals surface area contributed by atoms with Crippen LogP contribution in [0.1, 0.15) is 30.0 Å². The van der Waals surface area contributed by atoms with E-state index < -0.39 is 0 Å². The molecule has 22 heavy (non-hydrogen) atoms. The minimum Gasteiger partial charge on any atom is -0.328 e. The molecule has 2 heterocycles. The van der Waals surface area contributed by atoms with Crippen LogP contribution in [-0.4, -0.2) is 25.7 Å². The van der Waals surface area contributed by atoms with Crippen LogP contribution in [0.2, 0.25) is 0 Å². The number of imidazole rings is 1. The number of nitrogens with one attached hydrogen (secondary N) is 1. The first-order valence-corrected chi connectivity index (χ1v) is 7.30. The van der Waals surface area contributed by atoms with Crippen LogP contribution in [0.25, 0.3) is 11.0 Å². The largest absolute Gasteiger partial charge is 0.328 e. The molecule has 1 aromatic carbocycles. The third-order valence-corrected chi connectivity index (χ3v) is 3.56. The Morgan fingerprint density at radius 2 is 2.09 bits per heavy atom. The molecule has 0 aliphatic rings. The van der Waals surface area contributed by atoms with E-state index >= 15 is 0 Å². The molecular formula is C16H17N5O. The van der Waals surface area contributed by atoms with Crippen molar-refractivity contribution in [1.29, 1.82) is 0 Å². The molecule has 0 saturated heterocycles. The Hall–Kier alpha value is -2.76. The highest BCUT2D eigenvalue weighted by molar-refractivity contribution is 6.04. The van der Waals surface area contributed by atoms with Gasteiger partial charge in [0.05, 0.1) is 29.0 Å². The van der Waals surface area contributed by atoms with E-state index in [4.69, 9.17) is 0 Å². The average Bonchev–Trinajstić information content (AvgIpc) is 2.92. The smallest absolute Gasteiger partial charge is 0.257 e. The number of hydrogen-bond donors (Lipinski definition) is 1. The number of amides is 1. The van der Waals surface area contributed by atoms with Gasteiger partial charge in [-0.15, -0.1) is 0 Å². The third-order valence-electron chi connectivity index (χ3n) is 3.56. The summed E-state index contributed by atoms with van der Waals surface area (Å²) in [7, 11) is 0. The predicted octanol–water partition coefficient (Wildman–Crippen LogP) is 2.66. The van der Waals surface area contributed by atoms with Crippen molar-refractivity contribution in [1.82, 2.24) is 19.7 Å². The average molecular weight is 295 g/mol. The molecule has 0 radical (unpaired) electrons. The van der Waals surface area contributed by atoms with E-state index in [0.29, 0.717) is 5.56 Å². The maximum Gasteiger partial charge on any atom is 0.257 e. The minimum absolute atomic E-state index is 0.208. The number of rotatable bonds is 4. The van der Waals surface area contributed by atoms with Gasteiger partial charge < -0.3 is 9.88 Å². The van der Waals surface area contributed by atoms with Gasteiger partial charge in [0.2, 0.25) is 0 Å². The zero-order valence-corrected chi connectivity index (χ0v) is 12.6. The van der Waals surface area contributed by atoms with Gasteiger partial charge in [0, 0.05) is 18.7 Å². The summed E-state index contributed by atoms with van der Waals surface area (Å²) in [5, 5.41) is 10.2. The summed E-state index contributed by atoms with van der Waals surface area (Å²) in [4.78, 5) is 16.8. The highest BCUT2D eigenvalue weighted by Crippen LogP contribution is 2.21. The zero-order chi connectivity index (χ0) is 15.5. The molecule has 0 aliphatic carbocycles. The number of benzene rings is 1. The fourth-order valence-corrected chi connectivity index (χ4v) is 2.51. The van der Waals surface area contributed by atoms with Crippen LogP contribution in [0.15, 0.2) is 36.7 Å². The van der Waals surface area contributed by atoms with Crippen LogP contribution in [0, 0.1) is 0 Å². The fourth-order valence-electron chi connectivity index (χ4n) is 2.51. The molecule has 0 unspecified atom stereocenters. The van der Waals surface area contributed by atoms with E-state index in [9.17, 15) is 4.79 Å². The van der Waals surface area contributed by atoms with Crippen LogP contribution in [0.3, 0.4) is 0 Å². The van der Waals surface area contributed by atoms with Crippen LogP contribution >= 0.6 is 0 Å². The first-order valence-electron chi connectivity index (χ1n) is 7.30. The number of aromatic nitrogens is 4. The van der Waals surface area contributed by atoms with Crippen molar-refractivity contribution in [3.8, 4) is 0 Å². The Labute approximate surface area is 128 Å². The lowest BCUT2D eigenvalue weighted by atomic mass is 10.2. The van der Waals surface area contributed by atoms with E-state index in [2.05, 4.69) is 38.9 Å². The minimum atomic E-state index is -0.208. The third kappa shape index (κ3) is 2.55. The summed E-state index contributed by atoms with van der Waals surface area (Å²) in [6.45, 7) is 5.08.